The van der Waals surface area contributed by atoms with Gasteiger partial charge in [-0.25, -0.2) is 19.2 Å². The van der Waals surface area contributed by atoms with Crippen molar-refractivity contribution in [1.82, 2.24) is 0 Å². The highest BCUT2D eigenvalue weighted by atomic mass is 32.2. The second-order valence-electron chi connectivity index (χ2n) is 9.65. The molecule has 6 rings (SSSR count). The zero-order chi connectivity index (χ0) is 30.4. The molecular formula is C27H28O8S8. The summed E-state index contributed by atoms with van der Waals surface area (Å²) in [4.78, 5) is 51.9. The van der Waals surface area contributed by atoms with Crippen LogP contribution in [-0.2, 0) is 38.1 Å². The quantitative estimate of drug-likeness (QED) is 0.189. The SMILES string of the molecule is CCOC(=O)C1=C(C(=O)OCC)SC(=C2SC3C4CC(C3S2)C2SC(=C3SC(C(=O)OCC)=C(C(=O)OCC)S3)SC42)S1. The summed E-state index contributed by atoms with van der Waals surface area (Å²) in [6, 6.07) is 0. The lowest BCUT2D eigenvalue weighted by Crippen LogP contribution is -2.38. The first-order valence-corrected chi connectivity index (χ1v) is 20.6. The summed E-state index contributed by atoms with van der Waals surface area (Å²) in [5.41, 5.74) is 0. The van der Waals surface area contributed by atoms with Crippen molar-refractivity contribution in [3.63, 3.8) is 0 Å². The number of carbonyl (C=O) groups excluding carboxylic acids is 4. The number of thioether (sulfide) groups is 8. The lowest BCUT2D eigenvalue weighted by atomic mass is 9.98. The Labute approximate surface area is 284 Å². The van der Waals surface area contributed by atoms with E-state index in [1.54, 1.807) is 27.7 Å². The van der Waals surface area contributed by atoms with Crippen molar-refractivity contribution in [2.24, 2.45) is 11.8 Å². The molecule has 4 aliphatic heterocycles. The van der Waals surface area contributed by atoms with E-state index in [9.17, 15) is 19.2 Å². The van der Waals surface area contributed by atoms with Crippen molar-refractivity contribution in [3.8, 4) is 0 Å². The number of rotatable bonds is 8. The fourth-order valence-corrected chi connectivity index (χ4v) is 19.2. The third-order valence-electron chi connectivity index (χ3n) is 7.22. The van der Waals surface area contributed by atoms with E-state index < -0.39 is 23.9 Å². The van der Waals surface area contributed by atoms with Crippen LogP contribution in [0.25, 0.3) is 0 Å². The van der Waals surface area contributed by atoms with Crippen LogP contribution in [0.1, 0.15) is 34.1 Å². The number of hydrogen-bond donors (Lipinski definition) is 0. The van der Waals surface area contributed by atoms with E-state index in [1.807, 2.05) is 47.0 Å². The average Bonchev–Trinajstić information content (AvgIpc) is 3.80. The summed E-state index contributed by atoms with van der Waals surface area (Å²) in [5, 5.41) is 1.84. The molecule has 2 saturated carbocycles. The molecule has 232 valence electrons. The van der Waals surface area contributed by atoms with Gasteiger partial charge in [0.25, 0.3) is 0 Å². The maximum absolute atomic E-state index is 12.7. The third kappa shape index (κ3) is 6.09. The summed E-state index contributed by atoms with van der Waals surface area (Å²) in [6.45, 7) is 7.97. The number of ether oxygens (including phenoxy) is 4. The van der Waals surface area contributed by atoms with Gasteiger partial charge in [-0.15, -0.1) is 47.0 Å². The molecule has 2 bridgehead atoms. The molecule has 8 nitrogen and oxygen atoms in total. The van der Waals surface area contributed by atoms with Gasteiger partial charge in [0.05, 0.1) is 43.4 Å². The molecule has 2 aliphatic carbocycles. The molecule has 0 aromatic heterocycles. The van der Waals surface area contributed by atoms with Crippen LogP contribution < -0.4 is 0 Å². The predicted octanol–water partition coefficient (Wildman–Crippen LogP) is 6.96. The van der Waals surface area contributed by atoms with Gasteiger partial charge < -0.3 is 18.9 Å². The minimum atomic E-state index is -0.482. The molecule has 0 N–H and O–H groups in total. The molecular weight excluding hydrogens is 709 g/mol. The largest absolute Gasteiger partial charge is 0.462 e. The van der Waals surface area contributed by atoms with Crippen LogP contribution in [0.15, 0.2) is 36.6 Å². The summed E-state index contributed by atoms with van der Waals surface area (Å²) in [6.07, 6.45) is 1.19. The summed E-state index contributed by atoms with van der Waals surface area (Å²) in [7, 11) is 0. The van der Waals surface area contributed by atoms with Crippen molar-refractivity contribution in [1.29, 1.82) is 0 Å². The van der Waals surface area contributed by atoms with Crippen molar-refractivity contribution in [2.75, 3.05) is 26.4 Å². The van der Waals surface area contributed by atoms with Gasteiger partial charge >= 0.3 is 23.9 Å². The molecule has 4 unspecified atom stereocenters. The highest BCUT2D eigenvalue weighted by Crippen LogP contribution is 2.74. The lowest BCUT2D eigenvalue weighted by Gasteiger charge is -2.30. The van der Waals surface area contributed by atoms with Gasteiger partial charge in [-0.3, -0.25) is 0 Å². The molecule has 0 radical (unpaired) electrons. The van der Waals surface area contributed by atoms with Gasteiger partial charge in [-0.2, -0.15) is 0 Å². The highest BCUT2D eigenvalue weighted by molar-refractivity contribution is 8.34. The van der Waals surface area contributed by atoms with Gasteiger partial charge in [-0.1, -0.05) is 47.0 Å². The van der Waals surface area contributed by atoms with E-state index >= 15 is 0 Å². The topological polar surface area (TPSA) is 105 Å². The number of esters is 4. The second-order valence-corrected chi connectivity index (χ2v) is 19.5. The third-order valence-corrected chi connectivity index (χ3v) is 20.2. The maximum Gasteiger partial charge on any atom is 0.346 e. The van der Waals surface area contributed by atoms with Crippen LogP contribution in [0, 0.1) is 11.8 Å². The Kier molecular flexibility index (Phi) is 10.4. The van der Waals surface area contributed by atoms with E-state index in [4.69, 9.17) is 18.9 Å². The van der Waals surface area contributed by atoms with Crippen LogP contribution >= 0.6 is 94.1 Å². The first-order valence-electron chi connectivity index (χ1n) is 13.8. The van der Waals surface area contributed by atoms with Crippen LogP contribution in [0.3, 0.4) is 0 Å². The smallest absolute Gasteiger partial charge is 0.346 e. The van der Waals surface area contributed by atoms with Gasteiger partial charge in [0.15, 0.2) is 0 Å². The molecule has 4 heterocycles. The van der Waals surface area contributed by atoms with Gasteiger partial charge in [-0.05, 0) is 46.0 Å². The molecule has 0 spiro atoms. The molecule has 43 heavy (non-hydrogen) atoms. The maximum atomic E-state index is 12.7. The van der Waals surface area contributed by atoms with Crippen molar-refractivity contribution >= 4 is 118 Å². The van der Waals surface area contributed by atoms with Gasteiger partial charge in [0.1, 0.15) is 19.6 Å². The zero-order valence-corrected chi connectivity index (χ0v) is 30.1. The van der Waals surface area contributed by atoms with Gasteiger partial charge in [0, 0.05) is 21.0 Å². The highest BCUT2D eigenvalue weighted by Gasteiger charge is 2.64. The van der Waals surface area contributed by atoms with Crippen LogP contribution in [-0.4, -0.2) is 71.3 Å². The summed E-state index contributed by atoms with van der Waals surface area (Å²) >= 11 is 12.9. The Morgan fingerprint density at radius 1 is 0.488 bits per heavy atom. The fourth-order valence-electron chi connectivity index (χ4n) is 5.65. The van der Waals surface area contributed by atoms with Crippen molar-refractivity contribution in [3.05, 3.63) is 36.6 Å². The van der Waals surface area contributed by atoms with Crippen molar-refractivity contribution < 1.29 is 38.1 Å². The molecule has 0 amide bonds. The molecule has 0 aromatic carbocycles. The molecule has 16 heteroatoms. The molecule has 4 fully saturated rings. The molecule has 2 saturated heterocycles. The molecule has 6 aliphatic rings. The van der Waals surface area contributed by atoms with E-state index in [1.165, 1.54) is 61.9 Å². The Bertz CT molecular complexity index is 1190. The monoisotopic (exact) mass is 736 g/mol. The zero-order valence-electron chi connectivity index (χ0n) is 23.5. The first-order chi connectivity index (χ1) is 20.8. The first kappa shape index (κ1) is 32.6. The Morgan fingerprint density at radius 2 is 0.744 bits per heavy atom. The van der Waals surface area contributed by atoms with Crippen molar-refractivity contribution in [2.45, 2.75) is 55.1 Å². The lowest BCUT2D eigenvalue weighted by molar-refractivity contribution is -0.140. The van der Waals surface area contributed by atoms with E-state index in [0.29, 0.717) is 52.5 Å². The van der Waals surface area contributed by atoms with E-state index in [2.05, 4.69) is 0 Å². The van der Waals surface area contributed by atoms with E-state index in [0.717, 1.165) is 8.47 Å². The number of carbonyl (C=O) groups is 4. The minimum absolute atomic E-state index is 0.240. The Morgan fingerprint density at radius 3 is 0.977 bits per heavy atom. The molecule has 0 aromatic rings. The Balaban J connectivity index is 1.17. The molecule has 4 atom stereocenters. The second kappa shape index (κ2) is 13.8. The fraction of sp³-hybridized carbons (Fsp3) is 0.556. The minimum Gasteiger partial charge on any atom is -0.462 e. The van der Waals surface area contributed by atoms with E-state index in [-0.39, 0.29) is 26.4 Å². The standard InChI is InChI=1S/C27H28O8S8/c1-5-32-20(28)16-17(21(29)33-6-2)41-26(40-16)24-36-12-10-9-11(13(12)37-24)15-14(10)38-25(39-15)27-42-18(22(30)34-7-3)19(43-27)23(31)35-8-4/h10-15H,5-9H2,1-4H3. The van der Waals surface area contributed by atoms with Crippen LogP contribution in [0.4, 0.5) is 0 Å². The van der Waals surface area contributed by atoms with Gasteiger partial charge in [0.2, 0.25) is 0 Å². The average molecular weight is 737 g/mol. The van der Waals surface area contributed by atoms with Crippen LogP contribution in [0.5, 0.6) is 0 Å². The normalized spacial score (nSPS) is 30.8. The summed E-state index contributed by atoms with van der Waals surface area (Å²) in [5.74, 6) is -0.868. The predicted molar refractivity (Wildman–Crippen MR) is 182 cm³/mol. The number of fused-ring (bicyclic) bond motifs is 8. The van der Waals surface area contributed by atoms with Crippen LogP contribution in [0.2, 0.25) is 0 Å². The Hall–Kier alpha value is -0.360. The number of hydrogen-bond acceptors (Lipinski definition) is 16. The summed E-state index contributed by atoms with van der Waals surface area (Å²) < 4.78 is 25.2.